The first-order valence-corrected chi connectivity index (χ1v) is 5.30. The van der Waals surface area contributed by atoms with Crippen molar-refractivity contribution >= 4 is 11.3 Å². The molecule has 2 rings (SSSR count). The van der Waals surface area contributed by atoms with Gasteiger partial charge in [-0.1, -0.05) is 0 Å². The van der Waals surface area contributed by atoms with Crippen molar-refractivity contribution in [2.45, 2.75) is 26.3 Å². The number of rotatable bonds is 2. The van der Waals surface area contributed by atoms with Crippen LogP contribution >= 0.6 is 11.3 Å². The molecule has 0 radical (unpaired) electrons. The van der Waals surface area contributed by atoms with E-state index in [-0.39, 0.29) is 0 Å². The Morgan fingerprint density at radius 2 is 2.25 bits per heavy atom. The Labute approximate surface area is 77.2 Å². The van der Waals surface area contributed by atoms with Crippen LogP contribution in [0, 0.1) is 6.92 Å². The summed E-state index contributed by atoms with van der Waals surface area (Å²) in [6, 6.07) is 0. The summed E-state index contributed by atoms with van der Waals surface area (Å²) in [7, 11) is 0. The first-order chi connectivity index (χ1) is 5.84. The van der Waals surface area contributed by atoms with E-state index in [2.05, 4.69) is 16.8 Å². The molecule has 2 heterocycles. The van der Waals surface area contributed by atoms with Crippen LogP contribution in [-0.2, 0) is 6.54 Å². The summed E-state index contributed by atoms with van der Waals surface area (Å²) in [5, 5.41) is 1.27. The molecule has 0 atom stereocenters. The third kappa shape index (κ3) is 1.84. The van der Waals surface area contributed by atoms with E-state index in [1.165, 1.54) is 35.8 Å². The van der Waals surface area contributed by atoms with Gasteiger partial charge in [0.1, 0.15) is 5.01 Å². The molecule has 0 amide bonds. The SMILES string of the molecule is Cc1cnc(CN2CCCC2)s1. The number of nitrogens with zero attached hydrogens (tertiary/aromatic N) is 2. The van der Waals surface area contributed by atoms with Gasteiger partial charge in [-0.3, -0.25) is 4.90 Å². The van der Waals surface area contributed by atoms with Crippen LogP contribution in [0.15, 0.2) is 6.20 Å². The van der Waals surface area contributed by atoms with Crippen LogP contribution in [0.25, 0.3) is 0 Å². The zero-order chi connectivity index (χ0) is 8.39. The van der Waals surface area contributed by atoms with Crippen molar-refractivity contribution in [3.8, 4) is 0 Å². The second-order valence-electron chi connectivity index (χ2n) is 3.35. The molecule has 1 aromatic rings. The topological polar surface area (TPSA) is 16.1 Å². The van der Waals surface area contributed by atoms with Crippen LogP contribution in [0.5, 0.6) is 0 Å². The lowest BCUT2D eigenvalue weighted by atomic mass is 10.4. The fraction of sp³-hybridized carbons (Fsp3) is 0.667. The molecule has 1 aliphatic rings. The highest BCUT2D eigenvalue weighted by Crippen LogP contribution is 2.16. The minimum Gasteiger partial charge on any atom is -0.297 e. The summed E-state index contributed by atoms with van der Waals surface area (Å²) in [6.45, 7) is 5.71. The molecular weight excluding hydrogens is 168 g/mol. The average molecular weight is 182 g/mol. The van der Waals surface area contributed by atoms with E-state index < -0.39 is 0 Å². The Bertz CT molecular complexity index is 251. The van der Waals surface area contributed by atoms with E-state index in [9.17, 15) is 0 Å². The summed E-state index contributed by atoms with van der Waals surface area (Å²) in [4.78, 5) is 8.16. The number of thiazole rings is 1. The summed E-state index contributed by atoms with van der Waals surface area (Å²) in [5.74, 6) is 0. The van der Waals surface area contributed by atoms with Crippen molar-refractivity contribution in [3.05, 3.63) is 16.1 Å². The molecule has 0 spiro atoms. The van der Waals surface area contributed by atoms with E-state index in [0.29, 0.717) is 0 Å². The molecule has 0 saturated carbocycles. The highest BCUT2D eigenvalue weighted by molar-refractivity contribution is 7.11. The van der Waals surface area contributed by atoms with E-state index in [1.54, 1.807) is 0 Å². The van der Waals surface area contributed by atoms with E-state index in [0.717, 1.165) is 6.54 Å². The van der Waals surface area contributed by atoms with Crippen molar-refractivity contribution in [1.29, 1.82) is 0 Å². The molecule has 66 valence electrons. The second kappa shape index (κ2) is 3.54. The fourth-order valence-electron chi connectivity index (χ4n) is 1.61. The van der Waals surface area contributed by atoms with Crippen LogP contribution in [-0.4, -0.2) is 23.0 Å². The monoisotopic (exact) mass is 182 g/mol. The highest BCUT2D eigenvalue weighted by Gasteiger charge is 2.12. The molecular formula is C9H14N2S. The molecule has 0 unspecified atom stereocenters. The van der Waals surface area contributed by atoms with Crippen LogP contribution in [0.3, 0.4) is 0 Å². The Morgan fingerprint density at radius 1 is 1.50 bits per heavy atom. The van der Waals surface area contributed by atoms with Gasteiger partial charge in [0.05, 0.1) is 6.54 Å². The summed E-state index contributed by atoms with van der Waals surface area (Å²) in [6.07, 6.45) is 4.70. The summed E-state index contributed by atoms with van der Waals surface area (Å²) >= 11 is 1.82. The van der Waals surface area contributed by atoms with Crippen LogP contribution < -0.4 is 0 Å². The first-order valence-electron chi connectivity index (χ1n) is 4.48. The molecule has 0 aromatic carbocycles. The van der Waals surface area contributed by atoms with E-state index in [4.69, 9.17) is 0 Å². The van der Waals surface area contributed by atoms with Crippen LogP contribution in [0.1, 0.15) is 22.7 Å². The van der Waals surface area contributed by atoms with Crippen molar-refractivity contribution in [2.75, 3.05) is 13.1 Å². The Balaban J connectivity index is 1.94. The van der Waals surface area contributed by atoms with E-state index in [1.807, 2.05) is 17.5 Å². The van der Waals surface area contributed by atoms with E-state index >= 15 is 0 Å². The smallest absolute Gasteiger partial charge is 0.107 e. The van der Waals surface area contributed by atoms with Gasteiger partial charge in [0.15, 0.2) is 0 Å². The van der Waals surface area contributed by atoms with Crippen molar-refractivity contribution in [1.82, 2.24) is 9.88 Å². The van der Waals surface area contributed by atoms with Gasteiger partial charge < -0.3 is 0 Å². The Morgan fingerprint density at radius 3 is 2.83 bits per heavy atom. The minimum atomic E-state index is 1.07. The lowest BCUT2D eigenvalue weighted by molar-refractivity contribution is 0.331. The summed E-state index contributed by atoms with van der Waals surface area (Å²) < 4.78 is 0. The zero-order valence-corrected chi connectivity index (χ0v) is 8.23. The minimum absolute atomic E-state index is 1.07. The normalized spacial score (nSPS) is 18.8. The number of hydrogen-bond acceptors (Lipinski definition) is 3. The number of aromatic nitrogens is 1. The molecule has 3 heteroatoms. The van der Waals surface area contributed by atoms with Gasteiger partial charge in [-0.15, -0.1) is 11.3 Å². The van der Waals surface area contributed by atoms with Gasteiger partial charge in [0.25, 0.3) is 0 Å². The quantitative estimate of drug-likeness (QED) is 0.696. The number of aryl methyl sites for hydroxylation is 1. The maximum Gasteiger partial charge on any atom is 0.107 e. The second-order valence-corrected chi connectivity index (χ2v) is 4.67. The number of likely N-dealkylation sites (tertiary alicyclic amines) is 1. The third-order valence-corrected chi connectivity index (χ3v) is 3.12. The number of hydrogen-bond donors (Lipinski definition) is 0. The van der Waals surface area contributed by atoms with Gasteiger partial charge in [-0.25, -0.2) is 4.98 Å². The zero-order valence-electron chi connectivity index (χ0n) is 7.42. The molecule has 1 aromatic heterocycles. The van der Waals surface area contributed by atoms with Gasteiger partial charge in [-0.05, 0) is 32.9 Å². The van der Waals surface area contributed by atoms with Gasteiger partial charge >= 0.3 is 0 Å². The summed E-state index contributed by atoms with van der Waals surface area (Å²) in [5.41, 5.74) is 0. The maximum absolute atomic E-state index is 4.36. The molecule has 0 bridgehead atoms. The molecule has 0 aliphatic carbocycles. The van der Waals surface area contributed by atoms with Crippen molar-refractivity contribution in [2.24, 2.45) is 0 Å². The van der Waals surface area contributed by atoms with Gasteiger partial charge in [0.2, 0.25) is 0 Å². The lowest BCUT2D eigenvalue weighted by Crippen LogP contribution is -2.17. The maximum atomic E-state index is 4.36. The molecule has 0 N–H and O–H groups in total. The van der Waals surface area contributed by atoms with Crippen molar-refractivity contribution < 1.29 is 0 Å². The molecule has 1 aliphatic heterocycles. The third-order valence-electron chi connectivity index (χ3n) is 2.23. The standard InChI is InChI=1S/C9H14N2S/c1-8-6-10-9(12-8)7-11-4-2-3-5-11/h6H,2-5,7H2,1H3. The molecule has 1 fully saturated rings. The molecule has 2 nitrogen and oxygen atoms in total. The van der Waals surface area contributed by atoms with Gasteiger partial charge in [0, 0.05) is 11.1 Å². The fourth-order valence-corrected chi connectivity index (χ4v) is 2.44. The van der Waals surface area contributed by atoms with Crippen LogP contribution in [0.4, 0.5) is 0 Å². The molecule has 1 saturated heterocycles. The van der Waals surface area contributed by atoms with Crippen molar-refractivity contribution in [3.63, 3.8) is 0 Å². The Hall–Kier alpha value is -0.410. The molecule has 12 heavy (non-hydrogen) atoms. The largest absolute Gasteiger partial charge is 0.297 e. The Kier molecular flexibility index (Phi) is 2.42. The predicted molar refractivity (Wildman–Crippen MR) is 51.4 cm³/mol. The lowest BCUT2D eigenvalue weighted by Gasteiger charge is -2.11. The average Bonchev–Trinajstić information content (AvgIpc) is 2.63. The first kappa shape index (κ1) is 8.20. The van der Waals surface area contributed by atoms with Gasteiger partial charge in [-0.2, -0.15) is 0 Å². The predicted octanol–water partition coefficient (Wildman–Crippen LogP) is 2.05. The highest BCUT2D eigenvalue weighted by atomic mass is 32.1. The van der Waals surface area contributed by atoms with Crippen LogP contribution in [0.2, 0.25) is 0 Å².